The molecule has 4 heteroatoms. The second kappa shape index (κ2) is 6.11. The van der Waals surface area contributed by atoms with Crippen molar-refractivity contribution in [2.24, 2.45) is 0 Å². The van der Waals surface area contributed by atoms with Crippen LogP contribution >= 0.6 is 0 Å². The molecule has 2 heterocycles. The number of nitrogens with zero attached hydrogens (tertiary/aromatic N) is 1. The summed E-state index contributed by atoms with van der Waals surface area (Å²) in [4.78, 5) is 18.1. The van der Waals surface area contributed by atoms with Crippen molar-refractivity contribution in [3.8, 4) is 0 Å². The third kappa shape index (κ3) is 2.68. The van der Waals surface area contributed by atoms with Gasteiger partial charge in [0.1, 0.15) is 5.82 Å². The predicted octanol–water partition coefficient (Wildman–Crippen LogP) is 4.67. The summed E-state index contributed by atoms with van der Waals surface area (Å²) >= 11 is 0. The molecule has 1 aromatic heterocycles. The molecule has 1 fully saturated rings. The summed E-state index contributed by atoms with van der Waals surface area (Å²) in [6.07, 6.45) is 4.89. The van der Waals surface area contributed by atoms with Gasteiger partial charge in [0.2, 0.25) is 0 Å². The fourth-order valence-electron chi connectivity index (χ4n) is 3.56. The number of benzene rings is 2. The Morgan fingerprint density at radius 2 is 1.92 bits per heavy atom. The summed E-state index contributed by atoms with van der Waals surface area (Å²) in [5.74, 6) is -0.197. The Morgan fingerprint density at radius 1 is 1.08 bits per heavy atom. The first-order valence-corrected chi connectivity index (χ1v) is 8.36. The SMILES string of the molecule is O=C(c1ccc2[nH]ccc2c1)N1CCCC[C@@H]1c1ccc(F)cc1. The summed E-state index contributed by atoms with van der Waals surface area (Å²) in [6.45, 7) is 0.742. The van der Waals surface area contributed by atoms with Crippen molar-refractivity contribution in [2.75, 3.05) is 6.54 Å². The molecule has 0 bridgehead atoms. The van der Waals surface area contributed by atoms with Crippen molar-refractivity contribution in [3.63, 3.8) is 0 Å². The smallest absolute Gasteiger partial charge is 0.254 e. The van der Waals surface area contributed by atoms with E-state index in [1.54, 1.807) is 12.1 Å². The highest BCUT2D eigenvalue weighted by atomic mass is 19.1. The number of fused-ring (bicyclic) bond motifs is 1. The van der Waals surface area contributed by atoms with Crippen LogP contribution in [0.3, 0.4) is 0 Å². The lowest BCUT2D eigenvalue weighted by Crippen LogP contribution is -2.38. The maximum absolute atomic E-state index is 13.2. The molecular weight excluding hydrogens is 303 g/mol. The van der Waals surface area contributed by atoms with Crippen LogP contribution in [0.25, 0.3) is 10.9 Å². The molecule has 3 nitrogen and oxygen atoms in total. The molecule has 0 aliphatic carbocycles. The minimum atomic E-state index is -0.245. The number of aromatic nitrogens is 1. The van der Waals surface area contributed by atoms with Crippen molar-refractivity contribution >= 4 is 16.8 Å². The van der Waals surface area contributed by atoms with Crippen LogP contribution in [0.1, 0.15) is 41.2 Å². The first-order valence-electron chi connectivity index (χ1n) is 8.36. The van der Waals surface area contributed by atoms with E-state index in [1.807, 2.05) is 35.4 Å². The topological polar surface area (TPSA) is 36.1 Å². The Balaban J connectivity index is 1.66. The van der Waals surface area contributed by atoms with Crippen molar-refractivity contribution in [2.45, 2.75) is 25.3 Å². The van der Waals surface area contributed by atoms with Gasteiger partial charge in [-0.3, -0.25) is 4.79 Å². The number of halogens is 1. The summed E-state index contributed by atoms with van der Waals surface area (Å²) in [6, 6.07) is 14.3. The van der Waals surface area contributed by atoms with E-state index in [0.29, 0.717) is 5.56 Å². The fraction of sp³-hybridized carbons (Fsp3) is 0.250. The number of nitrogens with one attached hydrogen (secondary N) is 1. The van der Waals surface area contributed by atoms with Gasteiger partial charge in [-0.05, 0) is 61.2 Å². The Bertz CT molecular complexity index is 869. The van der Waals surface area contributed by atoms with E-state index in [-0.39, 0.29) is 17.8 Å². The molecule has 0 unspecified atom stereocenters. The van der Waals surface area contributed by atoms with Crippen molar-refractivity contribution in [3.05, 3.63) is 71.7 Å². The summed E-state index contributed by atoms with van der Waals surface area (Å²) in [5, 5.41) is 1.04. The third-order valence-electron chi connectivity index (χ3n) is 4.82. The molecule has 24 heavy (non-hydrogen) atoms. The average molecular weight is 322 g/mol. The molecule has 1 amide bonds. The van der Waals surface area contributed by atoms with E-state index in [4.69, 9.17) is 0 Å². The van der Waals surface area contributed by atoms with Crippen LogP contribution in [0.5, 0.6) is 0 Å². The summed E-state index contributed by atoms with van der Waals surface area (Å²) in [5.41, 5.74) is 2.74. The first kappa shape index (κ1) is 14.9. The monoisotopic (exact) mass is 322 g/mol. The van der Waals surface area contributed by atoms with Gasteiger partial charge < -0.3 is 9.88 Å². The number of likely N-dealkylation sites (tertiary alicyclic amines) is 1. The number of H-pyrrole nitrogens is 1. The molecule has 0 saturated carbocycles. The lowest BCUT2D eigenvalue weighted by molar-refractivity contribution is 0.0611. The van der Waals surface area contributed by atoms with Gasteiger partial charge in [-0.1, -0.05) is 12.1 Å². The molecule has 1 aliphatic rings. The van der Waals surface area contributed by atoms with E-state index < -0.39 is 0 Å². The molecule has 1 atom stereocenters. The maximum Gasteiger partial charge on any atom is 0.254 e. The molecule has 0 radical (unpaired) electrons. The number of piperidine rings is 1. The molecule has 122 valence electrons. The molecule has 0 spiro atoms. The van der Waals surface area contributed by atoms with Crippen LogP contribution in [-0.4, -0.2) is 22.3 Å². The highest BCUT2D eigenvalue weighted by Gasteiger charge is 2.28. The van der Waals surface area contributed by atoms with Gasteiger partial charge in [0.05, 0.1) is 6.04 Å². The first-order chi connectivity index (χ1) is 11.7. The van der Waals surface area contributed by atoms with Crippen molar-refractivity contribution in [1.82, 2.24) is 9.88 Å². The minimum Gasteiger partial charge on any atom is -0.361 e. The van der Waals surface area contributed by atoms with E-state index in [2.05, 4.69) is 4.98 Å². The van der Waals surface area contributed by atoms with Gasteiger partial charge in [-0.15, -0.1) is 0 Å². The molecule has 1 saturated heterocycles. The highest BCUT2D eigenvalue weighted by Crippen LogP contribution is 2.32. The van der Waals surface area contributed by atoms with Gasteiger partial charge in [0.25, 0.3) is 5.91 Å². The van der Waals surface area contributed by atoms with Crippen LogP contribution in [-0.2, 0) is 0 Å². The van der Waals surface area contributed by atoms with E-state index in [0.717, 1.165) is 42.3 Å². The zero-order valence-electron chi connectivity index (χ0n) is 13.3. The van der Waals surface area contributed by atoms with Gasteiger partial charge in [0, 0.05) is 29.2 Å². The number of hydrogen-bond donors (Lipinski definition) is 1. The zero-order valence-corrected chi connectivity index (χ0v) is 13.3. The number of carbonyl (C=O) groups excluding carboxylic acids is 1. The van der Waals surface area contributed by atoms with Crippen LogP contribution in [0.15, 0.2) is 54.7 Å². The normalized spacial score (nSPS) is 18.0. The highest BCUT2D eigenvalue weighted by molar-refractivity contribution is 5.98. The number of carbonyl (C=O) groups is 1. The van der Waals surface area contributed by atoms with Gasteiger partial charge in [-0.2, -0.15) is 0 Å². The van der Waals surface area contributed by atoms with Crippen LogP contribution in [0.2, 0.25) is 0 Å². The molecule has 2 aromatic carbocycles. The second-order valence-electron chi connectivity index (χ2n) is 6.34. The van der Waals surface area contributed by atoms with E-state index in [1.165, 1.54) is 12.1 Å². The van der Waals surface area contributed by atoms with Gasteiger partial charge >= 0.3 is 0 Å². The zero-order chi connectivity index (χ0) is 16.5. The van der Waals surface area contributed by atoms with Crippen LogP contribution < -0.4 is 0 Å². The maximum atomic E-state index is 13.2. The third-order valence-corrected chi connectivity index (χ3v) is 4.82. The molecule has 1 N–H and O–H groups in total. The predicted molar refractivity (Wildman–Crippen MR) is 92.3 cm³/mol. The number of aromatic amines is 1. The standard InChI is InChI=1S/C20H19FN2O/c21-17-7-4-14(5-8-17)19-3-1-2-12-23(19)20(24)16-6-9-18-15(13-16)10-11-22-18/h4-11,13,19,22H,1-3,12H2/t19-/m1/s1. The van der Waals surface area contributed by atoms with E-state index in [9.17, 15) is 9.18 Å². The van der Waals surface area contributed by atoms with Crippen molar-refractivity contribution in [1.29, 1.82) is 0 Å². The van der Waals surface area contributed by atoms with Crippen molar-refractivity contribution < 1.29 is 9.18 Å². The molecule has 1 aliphatic heterocycles. The Kier molecular flexibility index (Phi) is 3.81. The van der Waals surface area contributed by atoms with Crippen LogP contribution in [0.4, 0.5) is 4.39 Å². The number of rotatable bonds is 2. The molecule has 4 rings (SSSR count). The quantitative estimate of drug-likeness (QED) is 0.731. The minimum absolute atomic E-state index is 0.0220. The molecular formula is C20H19FN2O. The lowest BCUT2D eigenvalue weighted by Gasteiger charge is -2.36. The Labute approximate surface area is 140 Å². The second-order valence-corrected chi connectivity index (χ2v) is 6.34. The Hall–Kier alpha value is -2.62. The lowest BCUT2D eigenvalue weighted by atomic mass is 9.94. The van der Waals surface area contributed by atoms with Crippen LogP contribution in [0, 0.1) is 5.82 Å². The fourth-order valence-corrected chi connectivity index (χ4v) is 3.56. The summed E-state index contributed by atoms with van der Waals surface area (Å²) < 4.78 is 13.2. The average Bonchev–Trinajstić information content (AvgIpc) is 3.09. The number of amides is 1. The van der Waals surface area contributed by atoms with Gasteiger partial charge in [0.15, 0.2) is 0 Å². The van der Waals surface area contributed by atoms with E-state index >= 15 is 0 Å². The summed E-state index contributed by atoms with van der Waals surface area (Å²) in [7, 11) is 0. The number of hydrogen-bond acceptors (Lipinski definition) is 1. The largest absolute Gasteiger partial charge is 0.361 e. The Morgan fingerprint density at radius 3 is 2.75 bits per heavy atom. The van der Waals surface area contributed by atoms with Gasteiger partial charge in [-0.25, -0.2) is 4.39 Å². The molecule has 3 aromatic rings.